The summed E-state index contributed by atoms with van der Waals surface area (Å²) in [6.45, 7) is 2.14. The van der Waals surface area contributed by atoms with Gasteiger partial charge in [0.15, 0.2) is 6.61 Å². The quantitative estimate of drug-likeness (QED) is 0.435. The van der Waals surface area contributed by atoms with Crippen LogP contribution in [0.5, 0.6) is 0 Å². The van der Waals surface area contributed by atoms with Crippen LogP contribution in [0.3, 0.4) is 0 Å². The van der Waals surface area contributed by atoms with Crippen molar-refractivity contribution < 1.29 is 35.9 Å². The van der Waals surface area contributed by atoms with E-state index in [2.05, 4.69) is 11.3 Å². The summed E-state index contributed by atoms with van der Waals surface area (Å²) in [6.07, 6.45) is -10.1. The minimum atomic E-state index is -5.71. The molecule has 0 aliphatic rings. The minimum Gasteiger partial charge on any atom is -0.456 e. The molecule has 0 aliphatic heterocycles. The van der Waals surface area contributed by atoms with Gasteiger partial charge in [0.05, 0.1) is 0 Å². The number of alkyl halides is 6. The van der Waals surface area contributed by atoms with Gasteiger partial charge in [-0.1, -0.05) is 6.58 Å². The maximum absolute atomic E-state index is 12.5. The van der Waals surface area contributed by atoms with E-state index in [1.54, 1.807) is 0 Å². The standard InChI is InChI=1S/C8H8F6O2/c1-4(2)5(15)16-3-7(10,11)6(9)8(12,13)14/h6H,1,3H2,2H3. The van der Waals surface area contributed by atoms with Crippen LogP contribution in [0.1, 0.15) is 6.92 Å². The van der Waals surface area contributed by atoms with Crippen molar-refractivity contribution in [2.24, 2.45) is 0 Å². The molecule has 0 rings (SSSR count). The fourth-order valence-corrected chi connectivity index (χ4v) is 0.598. The van der Waals surface area contributed by atoms with E-state index < -0.39 is 30.8 Å². The van der Waals surface area contributed by atoms with Crippen molar-refractivity contribution in [2.45, 2.75) is 25.2 Å². The molecule has 16 heavy (non-hydrogen) atoms. The molecule has 0 heterocycles. The second-order valence-corrected chi connectivity index (χ2v) is 3.02. The van der Waals surface area contributed by atoms with Gasteiger partial charge in [-0.2, -0.15) is 22.0 Å². The Bertz CT molecular complexity index is 283. The highest BCUT2D eigenvalue weighted by Gasteiger charge is 2.57. The molecule has 0 spiro atoms. The van der Waals surface area contributed by atoms with Crippen LogP contribution in [0.15, 0.2) is 12.2 Å². The Labute approximate surface area is 86.9 Å². The third-order valence-electron chi connectivity index (χ3n) is 1.40. The molecule has 0 aliphatic carbocycles. The number of carbonyl (C=O) groups excluding carboxylic acids is 1. The molecule has 0 radical (unpaired) electrons. The molecule has 0 bridgehead atoms. The average Bonchev–Trinajstić information content (AvgIpc) is 2.11. The highest BCUT2D eigenvalue weighted by Crippen LogP contribution is 2.35. The highest BCUT2D eigenvalue weighted by atomic mass is 19.4. The molecular weight excluding hydrogens is 242 g/mol. The van der Waals surface area contributed by atoms with Crippen LogP contribution in [-0.2, 0) is 9.53 Å². The zero-order valence-electron chi connectivity index (χ0n) is 8.08. The van der Waals surface area contributed by atoms with Crippen LogP contribution >= 0.6 is 0 Å². The van der Waals surface area contributed by atoms with Gasteiger partial charge in [0.2, 0.25) is 0 Å². The average molecular weight is 250 g/mol. The maximum Gasteiger partial charge on any atom is 0.425 e. The first-order chi connectivity index (χ1) is 6.98. The van der Waals surface area contributed by atoms with Gasteiger partial charge >= 0.3 is 18.1 Å². The Kier molecular flexibility index (Phi) is 4.39. The van der Waals surface area contributed by atoms with Crippen molar-refractivity contribution in [1.29, 1.82) is 0 Å². The first-order valence-corrected chi connectivity index (χ1v) is 3.89. The van der Waals surface area contributed by atoms with Crippen LogP contribution < -0.4 is 0 Å². The van der Waals surface area contributed by atoms with Crippen LogP contribution in [0.2, 0.25) is 0 Å². The van der Waals surface area contributed by atoms with E-state index in [9.17, 15) is 31.1 Å². The number of carbonyl (C=O) groups is 1. The first kappa shape index (κ1) is 14.8. The fourth-order valence-electron chi connectivity index (χ4n) is 0.598. The predicted octanol–water partition coefficient (Wildman–Crippen LogP) is 2.64. The highest BCUT2D eigenvalue weighted by molar-refractivity contribution is 5.86. The molecule has 0 aromatic heterocycles. The summed E-state index contributed by atoms with van der Waals surface area (Å²) in [7, 11) is 0. The number of hydrogen-bond donors (Lipinski definition) is 0. The zero-order chi connectivity index (χ0) is 13.1. The summed E-state index contributed by atoms with van der Waals surface area (Å²) >= 11 is 0. The Hall–Kier alpha value is -1.21. The molecule has 0 saturated heterocycles. The van der Waals surface area contributed by atoms with E-state index in [4.69, 9.17) is 0 Å². The zero-order valence-corrected chi connectivity index (χ0v) is 8.08. The van der Waals surface area contributed by atoms with Crippen molar-refractivity contribution in [1.82, 2.24) is 0 Å². The van der Waals surface area contributed by atoms with E-state index in [0.29, 0.717) is 0 Å². The molecule has 0 aromatic carbocycles. The smallest absolute Gasteiger partial charge is 0.425 e. The normalized spacial score (nSPS) is 14.4. The summed E-state index contributed by atoms with van der Waals surface area (Å²) in [5.74, 6) is -6.13. The first-order valence-electron chi connectivity index (χ1n) is 3.89. The molecule has 0 amide bonds. The van der Waals surface area contributed by atoms with Crippen molar-refractivity contribution >= 4 is 5.97 Å². The second-order valence-electron chi connectivity index (χ2n) is 3.02. The van der Waals surface area contributed by atoms with Crippen molar-refractivity contribution in [3.63, 3.8) is 0 Å². The SMILES string of the molecule is C=C(C)C(=O)OCC(F)(F)C(F)C(F)(F)F. The van der Waals surface area contributed by atoms with Gasteiger partial charge in [-0.25, -0.2) is 9.18 Å². The van der Waals surface area contributed by atoms with Gasteiger partial charge in [0.25, 0.3) is 6.17 Å². The molecule has 0 fully saturated rings. The summed E-state index contributed by atoms with van der Waals surface area (Å²) in [4.78, 5) is 10.6. The second kappa shape index (κ2) is 4.75. The molecule has 0 aromatic rings. The van der Waals surface area contributed by atoms with Crippen molar-refractivity contribution in [2.75, 3.05) is 6.61 Å². The van der Waals surface area contributed by atoms with Gasteiger partial charge in [-0.05, 0) is 6.92 Å². The molecular formula is C8H8F6O2. The third-order valence-corrected chi connectivity index (χ3v) is 1.40. The van der Waals surface area contributed by atoms with Crippen LogP contribution in [0, 0.1) is 0 Å². The van der Waals surface area contributed by atoms with Crippen molar-refractivity contribution in [3.8, 4) is 0 Å². The summed E-state index contributed by atoms with van der Waals surface area (Å²) < 4.78 is 75.9. The molecule has 1 atom stereocenters. The summed E-state index contributed by atoms with van der Waals surface area (Å²) in [6, 6.07) is 0. The van der Waals surface area contributed by atoms with E-state index in [0.717, 1.165) is 6.92 Å². The van der Waals surface area contributed by atoms with Crippen LogP contribution in [0.4, 0.5) is 26.3 Å². The topological polar surface area (TPSA) is 26.3 Å². The lowest BCUT2D eigenvalue weighted by molar-refractivity contribution is -0.253. The van der Waals surface area contributed by atoms with Gasteiger partial charge in [0, 0.05) is 5.57 Å². The van der Waals surface area contributed by atoms with Gasteiger partial charge in [-0.3, -0.25) is 0 Å². The largest absolute Gasteiger partial charge is 0.456 e. The molecule has 0 saturated carbocycles. The number of halogens is 6. The molecule has 1 unspecified atom stereocenters. The number of ether oxygens (including phenoxy) is 1. The number of rotatable bonds is 4. The Balaban J connectivity index is 4.47. The van der Waals surface area contributed by atoms with E-state index in [1.165, 1.54) is 0 Å². The number of esters is 1. The Morgan fingerprint density at radius 3 is 2.06 bits per heavy atom. The molecule has 8 heteroatoms. The lowest BCUT2D eigenvalue weighted by atomic mass is 10.2. The Morgan fingerprint density at radius 2 is 1.75 bits per heavy atom. The van der Waals surface area contributed by atoms with Crippen LogP contribution in [-0.4, -0.2) is 30.8 Å². The maximum atomic E-state index is 12.5. The monoisotopic (exact) mass is 250 g/mol. The Morgan fingerprint density at radius 1 is 1.31 bits per heavy atom. The van der Waals surface area contributed by atoms with Crippen molar-refractivity contribution in [3.05, 3.63) is 12.2 Å². The lowest BCUT2D eigenvalue weighted by Crippen LogP contribution is -2.45. The summed E-state index contributed by atoms with van der Waals surface area (Å²) in [5, 5.41) is 0. The molecule has 94 valence electrons. The fraction of sp³-hybridized carbons (Fsp3) is 0.625. The van der Waals surface area contributed by atoms with Gasteiger partial charge in [-0.15, -0.1) is 0 Å². The predicted molar refractivity (Wildman–Crippen MR) is 41.7 cm³/mol. The van der Waals surface area contributed by atoms with Gasteiger partial charge in [0.1, 0.15) is 0 Å². The van der Waals surface area contributed by atoms with Crippen LogP contribution in [0.25, 0.3) is 0 Å². The van der Waals surface area contributed by atoms with E-state index >= 15 is 0 Å². The van der Waals surface area contributed by atoms with Gasteiger partial charge < -0.3 is 4.74 Å². The molecule has 0 N–H and O–H groups in total. The minimum absolute atomic E-state index is 0.279. The summed E-state index contributed by atoms with van der Waals surface area (Å²) in [5.41, 5.74) is -0.279. The third kappa shape index (κ3) is 4.11. The molecule has 2 nitrogen and oxygen atoms in total. The lowest BCUT2D eigenvalue weighted by Gasteiger charge is -2.22. The van der Waals surface area contributed by atoms with E-state index in [1.807, 2.05) is 0 Å². The number of hydrogen-bond acceptors (Lipinski definition) is 2. The van der Waals surface area contributed by atoms with E-state index in [-0.39, 0.29) is 5.57 Å².